The standard InChI is InChI=1S/C14H25N3/c1-6-15-9-7-8-13-11(4)16-14(10(2)3)17-12(13)5/h10,15H,6-9H2,1-5H3. The molecule has 17 heavy (non-hydrogen) atoms. The molecule has 0 aromatic carbocycles. The Bertz CT molecular complexity index is 335. The van der Waals surface area contributed by atoms with Gasteiger partial charge in [-0.3, -0.25) is 0 Å². The first-order valence-electron chi connectivity index (χ1n) is 6.61. The van der Waals surface area contributed by atoms with E-state index in [-0.39, 0.29) is 0 Å². The van der Waals surface area contributed by atoms with Crippen molar-refractivity contribution in [2.24, 2.45) is 0 Å². The van der Waals surface area contributed by atoms with Gasteiger partial charge in [0.2, 0.25) is 0 Å². The van der Waals surface area contributed by atoms with Crippen LogP contribution in [0.4, 0.5) is 0 Å². The number of nitrogens with one attached hydrogen (secondary N) is 1. The lowest BCUT2D eigenvalue weighted by Crippen LogP contribution is -2.15. The molecule has 3 heteroatoms. The Kier molecular flexibility index (Phi) is 5.56. The monoisotopic (exact) mass is 235 g/mol. The van der Waals surface area contributed by atoms with Crippen molar-refractivity contribution in [1.29, 1.82) is 0 Å². The summed E-state index contributed by atoms with van der Waals surface area (Å²) in [5.74, 6) is 1.37. The van der Waals surface area contributed by atoms with Gasteiger partial charge in [-0.25, -0.2) is 9.97 Å². The van der Waals surface area contributed by atoms with Crippen molar-refractivity contribution in [2.75, 3.05) is 13.1 Å². The van der Waals surface area contributed by atoms with E-state index < -0.39 is 0 Å². The second-order valence-electron chi connectivity index (χ2n) is 4.84. The van der Waals surface area contributed by atoms with Crippen LogP contribution in [0.1, 0.15) is 55.9 Å². The number of aromatic nitrogens is 2. The third-order valence-corrected chi connectivity index (χ3v) is 2.98. The SMILES string of the molecule is CCNCCCc1c(C)nc(C(C)C)nc1C. The van der Waals surface area contributed by atoms with E-state index >= 15 is 0 Å². The van der Waals surface area contributed by atoms with Crippen LogP contribution in [0, 0.1) is 13.8 Å². The van der Waals surface area contributed by atoms with Crippen LogP contribution >= 0.6 is 0 Å². The van der Waals surface area contributed by atoms with E-state index in [2.05, 4.69) is 49.9 Å². The quantitative estimate of drug-likeness (QED) is 0.770. The summed E-state index contributed by atoms with van der Waals surface area (Å²) in [6, 6.07) is 0. The van der Waals surface area contributed by atoms with Crippen LogP contribution in [0.5, 0.6) is 0 Å². The molecule has 0 bridgehead atoms. The zero-order valence-electron chi connectivity index (χ0n) is 11.8. The molecule has 0 aliphatic heterocycles. The Balaban J connectivity index is 2.72. The zero-order valence-corrected chi connectivity index (χ0v) is 11.8. The normalized spacial score (nSPS) is 11.2. The van der Waals surface area contributed by atoms with Crippen LogP contribution < -0.4 is 5.32 Å². The highest BCUT2D eigenvalue weighted by Gasteiger charge is 2.10. The van der Waals surface area contributed by atoms with Crippen LogP contribution in [-0.2, 0) is 6.42 Å². The second kappa shape index (κ2) is 6.70. The number of rotatable bonds is 6. The minimum Gasteiger partial charge on any atom is -0.317 e. The van der Waals surface area contributed by atoms with E-state index in [1.807, 2.05) is 0 Å². The molecule has 0 radical (unpaired) electrons. The fourth-order valence-electron chi connectivity index (χ4n) is 1.95. The van der Waals surface area contributed by atoms with Crippen molar-refractivity contribution < 1.29 is 0 Å². The van der Waals surface area contributed by atoms with Gasteiger partial charge in [-0.15, -0.1) is 0 Å². The van der Waals surface area contributed by atoms with Crippen LogP contribution in [0.25, 0.3) is 0 Å². The summed E-state index contributed by atoms with van der Waals surface area (Å²) in [5, 5.41) is 3.35. The first kappa shape index (κ1) is 14.1. The third-order valence-electron chi connectivity index (χ3n) is 2.98. The molecule has 1 N–H and O–H groups in total. The molecule has 0 atom stereocenters. The van der Waals surface area contributed by atoms with E-state index in [0.29, 0.717) is 5.92 Å². The molecule has 0 amide bonds. The number of hydrogen-bond acceptors (Lipinski definition) is 3. The van der Waals surface area contributed by atoms with Crippen molar-refractivity contribution in [3.63, 3.8) is 0 Å². The minimum atomic E-state index is 0.406. The molecule has 0 aliphatic rings. The van der Waals surface area contributed by atoms with Crippen molar-refractivity contribution in [2.45, 2.75) is 53.4 Å². The molecule has 0 saturated carbocycles. The van der Waals surface area contributed by atoms with Crippen molar-refractivity contribution >= 4 is 0 Å². The number of aryl methyl sites for hydroxylation is 2. The van der Waals surface area contributed by atoms with Gasteiger partial charge in [0, 0.05) is 17.3 Å². The predicted molar refractivity (Wildman–Crippen MR) is 72.5 cm³/mol. The van der Waals surface area contributed by atoms with E-state index in [4.69, 9.17) is 0 Å². The highest BCUT2D eigenvalue weighted by atomic mass is 14.9. The minimum absolute atomic E-state index is 0.406. The van der Waals surface area contributed by atoms with E-state index in [0.717, 1.165) is 43.1 Å². The average Bonchev–Trinajstić information content (AvgIpc) is 2.26. The van der Waals surface area contributed by atoms with Crippen LogP contribution in [0.3, 0.4) is 0 Å². The van der Waals surface area contributed by atoms with Gasteiger partial charge in [0.1, 0.15) is 5.82 Å². The van der Waals surface area contributed by atoms with Gasteiger partial charge in [0.25, 0.3) is 0 Å². The first-order valence-corrected chi connectivity index (χ1v) is 6.61. The van der Waals surface area contributed by atoms with Crippen LogP contribution in [0.2, 0.25) is 0 Å². The summed E-state index contributed by atoms with van der Waals surface area (Å²) in [5.41, 5.74) is 3.63. The van der Waals surface area contributed by atoms with E-state index in [9.17, 15) is 0 Å². The van der Waals surface area contributed by atoms with Crippen molar-refractivity contribution in [1.82, 2.24) is 15.3 Å². The molecule has 3 nitrogen and oxygen atoms in total. The molecule has 96 valence electrons. The molecule has 1 heterocycles. The molecule has 1 aromatic rings. The molecular weight excluding hydrogens is 210 g/mol. The molecule has 0 unspecified atom stereocenters. The molecule has 0 saturated heterocycles. The topological polar surface area (TPSA) is 37.8 Å². The first-order chi connectivity index (χ1) is 8.06. The Morgan fingerprint density at radius 1 is 1.12 bits per heavy atom. The van der Waals surface area contributed by atoms with Crippen LogP contribution in [-0.4, -0.2) is 23.1 Å². The smallest absolute Gasteiger partial charge is 0.131 e. The lowest BCUT2D eigenvalue weighted by molar-refractivity contribution is 0.663. The fourth-order valence-corrected chi connectivity index (χ4v) is 1.95. The summed E-state index contributed by atoms with van der Waals surface area (Å²) in [4.78, 5) is 9.20. The Morgan fingerprint density at radius 2 is 1.71 bits per heavy atom. The average molecular weight is 235 g/mol. The Morgan fingerprint density at radius 3 is 2.18 bits per heavy atom. The maximum atomic E-state index is 4.60. The largest absolute Gasteiger partial charge is 0.317 e. The van der Waals surface area contributed by atoms with E-state index in [1.54, 1.807) is 0 Å². The van der Waals surface area contributed by atoms with Crippen molar-refractivity contribution in [3.8, 4) is 0 Å². The Labute approximate surface area is 105 Å². The Hall–Kier alpha value is -0.960. The molecule has 0 aliphatic carbocycles. The van der Waals surface area contributed by atoms with Crippen molar-refractivity contribution in [3.05, 3.63) is 22.8 Å². The van der Waals surface area contributed by atoms with Crippen LogP contribution in [0.15, 0.2) is 0 Å². The van der Waals surface area contributed by atoms with Gasteiger partial charge in [-0.05, 0) is 45.3 Å². The van der Waals surface area contributed by atoms with Gasteiger partial charge >= 0.3 is 0 Å². The number of hydrogen-bond donors (Lipinski definition) is 1. The molecule has 1 rings (SSSR count). The number of nitrogens with zero attached hydrogens (tertiary/aromatic N) is 2. The maximum absolute atomic E-state index is 4.60. The molecule has 1 aromatic heterocycles. The van der Waals surface area contributed by atoms with Gasteiger partial charge < -0.3 is 5.32 Å². The summed E-state index contributed by atoms with van der Waals surface area (Å²) in [7, 11) is 0. The van der Waals surface area contributed by atoms with Gasteiger partial charge in [-0.2, -0.15) is 0 Å². The van der Waals surface area contributed by atoms with E-state index in [1.165, 1.54) is 5.56 Å². The maximum Gasteiger partial charge on any atom is 0.131 e. The highest BCUT2D eigenvalue weighted by molar-refractivity contribution is 5.25. The predicted octanol–water partition coefficient (Wildman–Crippen LogP) is 2.76. The third kappa shape index (κ3) is 4.08. The zero-order chi connectivity index (χ0) is 12.8. The second-order valence-corrected chi connectivity index (χ2v) is 4.84. The highest BCUT2D eigenvalue weighted by Crippen LogP contribution is 2.16. The summed E-state index contributed by atoms with van der Waals surface area (Å²) >= 11 is 0. The lowest BCUT2D eigenvalue weighted by Gasteiger charge is -2.12. The molecule has 0 fully saturated rings. The summed E-state index contributed by atoms with van der Waals surface area (Å²) in [6.45, 7) is 12.7. The fraction of sp³-hybridized carbons (Fsp3) is 0.714. The molecular formula is C14H25N3. The summed E-state index contributed by atoms with van der Waals surface area (Å²) in [6.07, 6.45) is 2.23. The summed E-state index contributed by atoms with van der Waals surface area (Å²) < 4.78 is 0. The molecule has 0 spiro atoms. The van der Waals surface area contributed by atoms with Gasteiger partial charge in [0.15, 0.2) is 0 Å². The lowest BCUT2D eigenvalue weighted by atomic mass is 10.1. The van der Waals surface area contributed by atoms with Gasteiger partial charge in [0.05, 0.1) is 0 Å². The van der Waals surface area contributed by atoms with Gasteiger partial charge in [-0.1, -0.05) is 20.8 Å².